The van der Waals surface area contributed by atoms with Crippen LogP contribution in [-0.2, 0) is 25.7 Å². The van der Waals surface area contributed by atoms with E-state index in [1.54, 1.807) is 18.2 Å². The molecule has 0 fully saturated rings. The number of hydrogen-bond donors (Lipinski definition) is 0. The summed E-state index contributed by atoms with van der Waals surface area (Å²) in [5, 5.41) is 0. The van der Waals surface area contributed by atoms with Crippen LogP contribution in [0.4, 0.5) is 0 Å². The van der Waals surface area contributed by atoms with Crippen LogP contribution >= 0.6 is 0 Å². The Labute approximate surface area is 164 Å². The highest BCUT2D eigenvalue weighted by Gasteiger charge is 2.28. The summed E-state index contributed by atoms with van der Waals surface area (Å²) in [5.41, 5.74) is 6.11. The highest BCUT2D eigenvalue weighted by Crippen LogP contribution is 2.33. The fourth-order valence-corrected chi connectivity index (χ4v) is 5.23. The zero-order valence-corrected chi connectivity index (χ0v) is 16.9. The van der Waals surface area contributed by atoms with Crippen molar-refractivity contribution in [1.29, 1.82) is 0 Å². The molecule has 2 nitrogen and oxygen atoms in total. The van der Waals surface area contributed by atoms with Gasteiger partial charge in [0, 0.05) is 12.6 Å². The Kier molecular flexibility index (Phi) is 5.83. The van der Waals surface area contributed by atoms with Crippen LogP contribution in [0.2, 0.25) is 0 Å². The Morgan fingerprint density at radius 2 is 1.74 bits per heavy atom. The van der Waals surface area contributed by atoms with E-state index in [0.717, 1.165) is 18.1 Å². The predicted molar refractivity (Wildman–Crippen MR) is 113 cm³/mol. The third kappa shape index (κ3) is 4.06. The summed E-state index contributed by atoms with van der Waals surface area (Å²) in [5.74, 6) is 1.88. The van der Waals surface area contributed by atoms with Crippen molar-refractivity contribution in [2.24, 2.45) is 5.92 Å². The molecule has 0 saturated heterocycles. The number of aryl methyl sites for hydroxylation is 1. The van der Waals surface area contributed by atoms with Crippen LogP contribution < -0.4 is 4.74 Å². The summed E-state index contributed by atoms with van der Waals surface area (Å²) in [6.45, 7) is 4.80. The van der Waals surface area contributed by atoms with Crippen molar-refractivity contribution in [3.8, 4) is 5.75 Å². The van der Waals surface area contributed by atoms with Gasteiger partial charge in [0.1, 0.15) is 5.75 Å². The summed E-state index contributed by atoms with van der Waals surface area (Å²) in [6, 6.07) is 16.3. The van der Waals surface area contributed by atoms with Crippen molar-refractivity contribution in [3.05, 3.63) is 64.7 Å². The van der Waals surface area contributed by atoms with Crippen molar-refractivity contribution in [2.75, 3.05) is 20.2 Å². The van der Waals surface area contributed by atoms with Gasteiger partial charge < -0.3 is 4.74 Å². The Morgan fingerprint density at radius 1 is 0.926 bits per heavy atom. The van der Waals surface area contributed by atoms with Crippen LogP contribution in [0.15, 0.2) is 42.5 Å². The second kappa shape index (κ2) is 8.48. The van der Waals surface area contributed by atoms with Crippen molar-refractivity contribution in [2.45, 2.75) is 57.9 Å². The number of fused-ring (bicyclic) bond motifs is 2. The molecule has 0 N–H and O–H groups in total. The molecule has 0 spiro atoms. The molecule has 0 aromatic heterocycles. The zero-order valence-electron chi connectivity index (χ0n) is 16.9. The molecule has 2 unspecified atom stereocenters. The van der Waals surface area contributed by atoms with Crippen LogP contribution in [0.5, 0.6) is 5.75 Å². The molecule has 2 aliphatic carbocycles. The van der Waals surface area contributed by atoms with Gasteiger partial charge in [-0.1, -0.05) is 43.3 Å². The Bertz CT molecular complexity index is 769. The third-order valence-corrected chi connectivity index (χ3v) is 6.60. The highest BCUT2D eigenvalue weighted by atomic mass is 16.5. The minimum absolute atomic E-state index is 0.682. The van der Waals surface area contributed by atoms with Crippen molar-refractivity contribution < 1.29 is 4.74 Å². The Morgan fingerprint density at radius 3 is 2.56 bits per heavy atom. The summed E-state index contributed by atoms with van der Waals surface area (Å²) in [4.78, 5) is 2.81. The minimum atomic E-state index is 0.682. The van der Waals surface area contributed by atoms with E-state index in [-0.39, 0.29) is 0 Å². The molecule has 0 radical (unpaired) electrons. The maximum absolute atomic E-state index is 5.60. The molecular weight excluding hydrogens is 330 g/mol. The summed E-state index contributed by atoms with van der Waals surface area (Å²) in [7, 11) is 1.80. The van der Waals surface area contributed by atoms with Gasteiger partial charge >= 0.3 is 0 Å². The van der Waals surface area contributed by atoms with Gasteiger partial charge in [-0.3, -0.25) is 4.90 Å². The molecule has 0 amide bonds. The summed E-state index contributed by atoms with van der Waals surface area (Å²) < 4.78 is 5.60. The topological polar surface area (TPSA) is 12.5 Å². The first kappa shape index (κ1) is 18.6. The molecule has 144 valence electrons. The van der Waals surface area contributed by atoms with Crippen LogP contribution in [0.25, 0.3) is 0 Å². The fourth-order valence-electron chi connectivity index (χ4n) is 5.23. The van der Waals surface area contributed by atoms with Gasteiger partial charge in [0.2, 0.25) is 0 Å². The molecule has 2 aromatic rings. The first-order valence-corrected chi connectivity index (χ1v) is 10.7. The fraction of sp³-hybridized carbons (Fsp3) is 0.520. The molecule has 27 heavy (non-hydrogen) atoms. The van der Waals surface area contributed by atoms with Gasteiger partial charge in [0.25, 0.3) is 0 Å². The van der Waals surface area contributed by atoms with E-state index in [1.165, 1.54) is 62.7 Å². The molecule has 0 heterocycles. The predicted octanol–water partition coefficient (Wildman–Crippen LogP) is 5.07. The van der Waals surface area contributed by atoms with Crippen molar-refractivity contribution >= 4 is 0 Å². The average molecular weight is 364 g/mol. The van der Waals surface area contributed by atoms with Gasteiger partial charge in [0.05, 0.1) is 7.11 Å². The zero-order chi connectivity index (χ0) is 18.6. The van der Waals surface area contributed by atoms with Crippen molar-refractivity contribution in [1.82, 2.24) is 4.90 Å². The maximum atomic E-state index is 5.60. The summed E-state index contributed by atoms with van der Waals surface area (Å²) in [6.07, 6.45) is 8.68. The molecule has 0 bridgehead atoms. The van der Waals surface area contributed by atoms with E-state index in [9.17, 15) is 0 Å². The molecule has 4 rings (SSSR count). The quantitative estimate of drug-likeness (QED) is 0.710. The van der Waals surface area contributed by atoms with E-state index in [2.05, 4.69) is 54.3 Å². The smallest absolute Gasteiger partial charge is 0.122 e. The normalized spacial score (nSPS) is 21.6. The van der Waals surface area contributed by atoms with Gasteiger partial charge in [0.15, 0.2) is 0 Å². The van der Waals surface area contributed by atoms with Gasteiger partial charge in [-0.15, -0.1) is 0 Å². The lowest BCUT2D eigenvalue weighted by molar-refractivity contribution is 0.146. The maximum Gasteiger partial charge on any atom is 0.122 e. The lowest BCUT2D eigenvalue weighted by atomic mass is 9.82. The van der Waals surface area contributed by atoms with E-state index in [4.69, 9.17) is 4.74 Å². The number of ether oxygens (including phenoxy) is 1. The summed E-state index contributed by atoms with van der Waals surface area (Å²) >= 11 is 0. The van der Waals surface area contributed by atoms with E-state index < -0.39 is 0 Å². The Hall–Kier alpha value is -1.80. The molecule has 2 atom stereocenters. The number of nitrogens with zero attached hydrogens (tertiary/aromatic N) is 1. The van der Waals surface area contributed by atoms with Crippen molar-refractivity contribution in [3.63, 3.8) is 0 Å². The Balaban J connectivity index is 1.45. The molecule has 2 aromatic carbocycles. The first-order valence-electron chi connectivity index (χ1n) is 10.7. The second-order valence-corrected chi connectivity index (χ2v) is 8.37. The van der Waals surface area contributed by atoms with Crippen LogP contribution in [0.3, 0.4) is 0 Å². The van der Waals surface area contributed by atoms with Gasteiger partial charge in [-0.05, 0) is 85.7 Å². The van der Waals surface area contributed by atoms with E-state index in [1.807, 2.05) is 0 Å². The van der Waals surface area contributed by atoms with Gasteiger partial charge in [-0.25, -0.2) is 0 Å². The van der Waals surface area contributed by atoms with Crippen LogP contribution in [0.1, 0.15) is 48.4 Å². The average Bonchev–Trinajstić information content (AvgIpc) is 2.72. The number of benzene rings is 2. The third-order valence-electron chi connectivity index (χ3n) is 6.60. The lowest BCUT2D eigenvalue weighted by Gasteiger charge is -2.38. The molecule has 2 aliphatic rings. The van der Waals surface area contributed by atoms with Crippen LogP contribution in [-0.4, -0.2) is 31.1 Å². The van der Waals surface area contributed by atoms with E-state index >= 15 is 0 Å². The molecule has 0 aliphatic heterocycles. The number of methoxy groups -OCH3 is 1. The lowest BCUT2D eigenvalue weighted by Crippen LogP contribution is -2.43. The highest BCUT2D eigenvalue weighted by molar-refractivity contribution is 5.42. The molecular formula is C25H33NO. The largest absolute Gasteiger partial charge is 0.496 e. The first-order chi connectivity index (χ1) is 13.3. The minimum Gasteiger partial charge on any atom is -0.496 e. The second-order valence-electron chi connectivity index (χ2n) is 8.37. The molecule has 0 saturated carbocycles. The standard InChI is InChI=1S/C25H33NO/c1-3-15-26(18-19-11-12-20-7-4-5-8-21(20)16-19)23-13-14-24-22(17-23)9-6-10-25(24)27-2/h4-10,19,23H,3,11-18H2,1-2H3. The molecule has 2 heteroatoms. The number of rotatable bonds is 6. The number of hydrogen-bond acceptors (Lipinski definition) is 2. The monoisotopic (exact) mass is 363 g/mol. The van der Waals surface area contributed by atoms with Crippen LogP contribution in [0, 0.1) is 5.92 Å². The van der Waals surface area contributed by atoms with E-state index in [0.29, 0.717) is 6.04 Å². The SMILES string of the molecule is CCCN(CC1CCc2ccccc2C1)C1CCc2c(cccc2OC)C1. The van der Waals surface area contributed by atoms with Gasteiger partial charge in [-0.2, -0.15) is 0 Å².